The van der Waals surface area contributed by atoms with Crippen LogP contribution < -0.4 is 9.47 Å². The predicted octanol–water partition coefficient (Wildman–Crippen LogP) is 3.56. The Hall–Kier alpha value is -2.57. The fraction of sp³-hybridized carbons (Fsp3) is 0.435. The Labute approximate surface area is 171 Å². The number of ether oxygens (including phenoxy) is 2. The van der Waals surface area contributed by atoms with Crippen LogP contribution in [0.2, 0.25) is 0 Å². The van der Waals surface area contributed by atoms with Gasteiger partial charge < -0.3 is 24.6 Å². The molecule has 29 heavy (non-hydrogen) atoms. The van der Waals surface area contributed by atoms with Crippen LogP contribution in [0.5, 0.6) is 17.2 Å². The Bertz CT molecular complexity index is 866. The number of hydrogen-bond donors (Lipinski definition) is 2. The molecule has 2 aromatic rings. The fourth-order valence-electron chi connectivity index (χ4n) is 4.09. The first-order chi connectivity index (χ1) is 13.8. The van der Waals surface area contributed by atoms with Gasteiger partial charge in [0.1, 0.15) is 22.8 Å². The lowest BCUT2D eigenvalue weighted by Gasteiger charge is -2.41. The highest BCUT2D eigenvalue weighted by Crippen LogP contribution is 2.42. The number of aliphatic hydroxyl groups is 1. The van der Waals surface area contributed by atoms with E-state index >= 15 is 0 Å². The summed E-state index contributed by atoms with van der Waals surface area (Å²) in [6.45, 7) is 0.792. The Morgan fingerprint density at radius 2 is 1.97 bits per heavy atom. The molecule has 0 heterocycles. The zero-order chi connectivity index (χ0) is 21.0. The number of carbonyl (C=O) groups excluding carboxylic acids is 1. The van der Waals surface area contributed by atoms with Crippen LogP contribution in [0.25, 0.3) is 0 Å². The molecule has 0 spiro atoms. The zero-order valence-electron chi connectivity index (χ0n) is 17.2. The lowest BCUT2D eigenvalue weighted by molar-refractivity contribution is -0.0619. The van der Waals surface area contributed by atoms with Crippen LogP contribution in [-0.2, 0) is 5.60 Å². The third kappa shape index (κ3) is 4.71. The van der Waals surface area contributed by atoms with Crippen molar-refractivity contribution in [2.75, 3.05) is 27.7 Å². The average molecular weight is 399 g/mol. The summed E-state index contributed by atoms with van der Waals surface area (Å²) in [4.78, 5) is 14.6. The van der Waals surface area contributed by atoms with Gasteiger partial charge in [-0.2, -0.15) is 0 Å². The number of carbonyl (C=O) groups is 1. The van der Waals surface area contributed by atoms with E-state index < -0.39 is 11.6 Å². The van der Waals surface area contributed by atoms with Crippen molar-refractivity contribution in [2.45, 2.75) is 31.3 Å². The molecule has 2 N–H and O–H groups in total. The molecule has 0 radical (unpaired) electrons. The lowest BCUT2D eigenvalue weighted by atomic mass is 9.71. The van der Waals surface area contributed by atoms with Gasteiger partial charge in [0.05, 0.1) is 12.7 Å². The molecule has 2 unspecified atom stereocenters. The van der Waals surface area contributed by atoms with Gasteiger partial charge in [0, 0.05) is 18.5 Å². The number of phenols is 1. The Morgan fingerprint density at radius 1 is 1.17 bits per heavy atom. The van der Waals surface area contributed by atoms with E-state index in [1.165, 1.54) is 19.2 Å². The summed E-state index contributed by atoms with van der Waals surface area (Å²) in [5.74, 6) is 0.0332. The second kappa shape index (κ2) is 8.84. The third-order valence-corrected chi connectivity index (χ3v) is 5.59. The van der Waals surface area contributed by atoms with Crippen molar-refractivity contribution in [3.63, 3.8) is 0 Å². The molecule has 1 fully saturated rings. The number of hydrogen-bond acceptors (Lipinski definition) is 6. The van der Waals surface area contributed by atoms with E-state index in [0.717, 1.165) is 31.4 Å². The molecule has 1 aliphatic rings. The number of rotatable bonds is 6. The number of benzene rings is 2. The first kappa shape index (κ1) is 21.1. The largest absolute Gasteiger partial charge is 0.507 e. The van der Waals surface area contributed by atoms with Crippen LogP contribution in [0.1, 0.15) is 41.6 Å². The smallest absolute Gasteiger partial charge is 0.347 e. The lowest BCUT2D eigenvalue weighted by Crippen LogP contribution is -2.43. The van der Waals surface area contributed by atoms with Gasteiger partial charge in [0.2, 0.25) is 0 Å². The Balaban J connectivity index is 1.82. The molecule has 2 atom stereocenters. The van der Waals surface area contributed by atoms with Gasteiger partial charge in [0.25, 0.3) is 0 Å². The van der Waals surface area contributed by atoms with Crippen molar-refractivity contribution in [1.82, 2.24) is 4.90 Å². The molecule has 1 aliphatic carbocycles. The SMILES string of the molecule is COc1ccc(C(=O)Oc2cccc(C3(O)CCCCC3CN(C)C)c2)c(O)c1. The molecule has 6 heteroatoms. The highest BCUT2D eigenvalue weighted by Gasteiger charge is 2.40. The first-order valence-corrected chi connectivity index (χ1v) is 9.90. The maximum Gasteiger partial charge on any atom is 0.347 e. The molecule has 0 amide bonds. The Kier molecular flexibility index (Phi) is 6.45. The van der Waals surface area contributed by atoms with Gasteiger partial charge in [-0.3, -0.25) is 0 Å². The quantitative estimate of drug-likeness (QED) is 0.571. The van der Waals surface area contributed by atoms with E-state index in [2.05, 4.69) is 4.90 Å². The molecule has 156 valence electrons. The van der Waals surface area contributed by atoms with Crippen LogP contribution in [0, 0.1) is 5.92 Å². The second-order valence-corrected chi connectivity index (χ2v) is 7.93. The minimum Gasteiger partial charge on any atom is -0.507 e. The summed E-state index contributed by atoms with van der Waals surface area (Å²) in [7, 11) is 5.50. The molecule has 0 aliphatic heterocycles. The summed E-state index contributed by atoms with van der Waals surface area (Å²) < 4.78 is 10.5. The number of esters is 1. The van der Waals surface area contributed by atoms with Crippen molar-refractivity contribution >= 4 is 5.97 Å². The number of phenolic OH excluding ortho intramolecular Hbond substituents is 1. The normalized spacial score (nSPS) is 21.8. The number of methoxy groups -OCH3 is 1. The van der Waals surface area contributed by atoms with Crippen molar-refractivity contribution in [3.05, 3.63) is 53.6 Å². The molecular weight excluding hydrogens is 370 g/mol. The van der Waals surface area contributed by atoms with Crippen molar-refractivity contribution in [3.8, 4) is 17.2 Å². The summed E-state index contributed by atoms with van der Waals surface area (Å²) in [6, 6.07) is 11.5. The minimum absolute atomic E-state index is 0.0538. The molecule has 0 saturated heterocycles. The standard InChI is InChI=1S/C23H29NO5/c1-24(2)15-17-7-4-5-12-23(17,27)16-8-6-9-19(13-16)29-22(26)20-11-10-18(28-3)14-21(20)25/h6,8-11,13-14,17,25,27H,4-5,7,12,15H2,1-3H3. The van der Waals surface area contributed by atoms with E-state index in [-0.39, 0.29) is 17.2 Å². The molecular formula is C23H29NO5. The van der Waals surface area contributed by atoms with E-state index in [4.69, 9.17) is 9.47 Å². The van der Waals surface area contributed by atoms with E-state index in [1.54, 1.807) is 24.3 Å². The molecule has 3 rings (SSSR count). The van der Waals surface area contributed by atoms with Gasteiger partial charge in [0.15, 0.2) is 0 Å². The summed E-state index contributed by atoms with van der Waals surface area (Å²) in [5.41, 5.74) is -0.140. The molecule has 6 nitrogen and oxygen atoms in total. The maximum absolute atomic E-state index is 12.5. The summed E-state index contributed by atoms with van der Waals surface area (Å²) in [6.07, 6.45) is 3.71. The average Bonchev–Trinajstić information content (AvgIpc) is 2.69. The van der Waals surface area contributed by atoms with E-state index in [9.17, 15) is 15.0 Å². The van der Waals surface area contributed by atoms with Gasteiger partial charge >= 0.3 is 5.97 Å². The topological polar surface area (TPSA) is 79.2 Å². The summed E-state index contributed by atoms with van der Waals surface area (Å²) in [5, 5.41) is 21.6. The maximum atomic E-state index is 12.5. The second-order valence-electron chi connectivity index (χ2n) is 7.93. The molecule has 2 aromatic carbocycles. The van der Waals surface area contributed by atoms with Crippen LogP contribution in [0.4, 0.5) is 0 Å². The monoisotopic (exact) mass is 399 g/mol. The van der Waals surface area contributed by atoms with Crippen LogP contribution in [0.3, 0.4) is 0 Å². The predicted molar refractivity (Wildman–Crippen MR) is 110 cm³/mol. The minimum atomic E-state index is -0.951. The fourth-order valence-corrected chi connectivity index (χ4v) is 4.09. The number of nitrogens with zero attached hydrogens (tertiary/aromatic N) is 1. The molecule has 1 saturated carbocycles. The third-order valence-electron chi connectivity index (χ3n) is 5.59. The van der Waals surface area contributed by atoms with Crippen LogP contribution in [0.15, 0.2) is 42.5 Å². The van der Waals surface area contributed by atoms with E-state index in [0.29, 0.717) is 17.9 Å². The highest BCUT2D eigenvalue weighted by atomic mass is 16.5. The first-order valence-electron chi connectivity index (χ1n) is 9.90. The van der Waals surface area contributed by atoms with Gasteiger partial charge in [-0.05, 0) is 56.8 Å². The van der Waals surface area contributed by atoms with Gasteiger partial charge in [-0.25, -0.2) is 4.79 Å². The van der Waals surface area contributed by atoms with Crippen molar-refractivity contribution < 1.29 is 24.5 Å². The van der Waals surface area contributed by atoms with Gasteiger partial charge in [-0.15, -0.1) is 0 Å². The van der Waals surface area contributed by atoms with Gasteiger partial charge in [-0.1, -0.05) is 25.0 Å². The Morgan fingerprint density at radius 3 is 2.66 bits per heavy atom. The summed E-state index contributed by atoms with van der Waals surface area (Å²) >= 11 is 0. The zero-order valence-corrected chi connectivity index (χ0v) is 17.2. The van der Waals surface area contributed by atoms with Crippen molar-refractivity contribution in [1.29, 1.82) is 0 Å². The van der Waals surface area contributed by atoms with Crippen LogP contribution in [-0.4, -0.2) is 48.8 Å². The van der Waals surface area contributed by atoms with Crippen LogP contribution >= 0.6 is 0 Å². The molecule has 0 bridgehead atoms. The van der Waals surface area contributed by atoms with Crippen molar-refractivity contribution in [2.24, 2.45) is 5.92 Å². The van der Waals surface area contributed by atoms with E-state index in [1.807, 2.05) is 20.2 Å². The number of aromatic hydroxyl groups is 1. The molecule has 0 aromatic heterocycles. The highest BCUT2D eigenvalue weighted by molar-refractivity contribution is 5.94.